The highest BCUT2D eigenvalue weighted by Gasteiger charge is 2.30. The highest BCUT2D eigenvalue weighted by Crippen LogP contribution is 2.22. The fourth-order valence-corrected chi connectivity index (χ4v) is 3.61. The predicted octanol–water partition coefficient (Wildman–Crippen LogP) is 2.64. The van der Waals surface area contributed by atoms with E-state index >= 15 is 0 Å². The van der Waals surface area contributed by atoms with Crippen LogP contribution in [0.5, 0.6) is 0 Å². The minimum Gasteiger partial charge on any atom is -0.338 e. The molecule has 6 heteroatoms. The molecule has 0 bridgehead atoms. The summed E-state index contributed by atoms with van der Waals surface area (Å²) in [6.45, 7) is 3.50. The van der Waals surface area contributed by atoms with Crippen LogP contribution in [0.15, 0.2) is 48.5 Å². The fourth-order valence-electron chi connectivity index (χ4n) is 3.61. The number of halogens is 1. The summed E-state index contributed by atoms with van der Waals surface area (Å²) in [6, 6.07) is 15.6. The molecule has 0 aliphatic carbocycles. The molecule has 5 nitrogen and oxygen atoms in total. The molecule has 1 amide bonds. The van der Waals surface area contributed by atoms with Gasteiger partial charge in [0.15, 0.2) is 0 Å². The predicted molar refractivity (Wildman–Crippen MR) is 106 cm³/mol. The summed E-state index contributed by atoms with van der Waals surface area (Å²) in [6.07, 6.45) is 0. The van der Waals surface area contributed by atoms with Crippen molar-refractivity contribution in [3.8, 4) is 6.07 Å². The fraction of sp³-hybridized carbons (Fsp3) is 0.364. The molecule has 0 N–H and O–H groups in total. The third-order valence-corrected chi connectivity index (χ3v) is 5.15. The maximum atomic E-state index is 13.2. The molecule has 0 saturated carbocycles. The lowest BCUT2D eigenvalue weighted by atomic mass is 10.0. The number of piperazine rings is 1. The van der Waals surface area contributed by atoms with Crippen molar-refractivity contribution in [3.63, 3.8) is 0 Å². The second kappa shape index (κ2) is 8.96. The van der Waals surface area contributed by atoms with Crippen LogP contribution >= 0.6 is 0 Å². The van der Waals surface area contributed by atoms with Gasteiger partial charge < -0.3 is 4.90 Å². The van der Waals surface area contributed by atoms with E-state index in [9.17, 15) is 14.4 Å². The first-order valence-electron chi connectivity index (χ1n) is 9.40. The normalized spacial score (nSPS) is 16.0. The Morgan fingerprint density at radius 3 is 2.36 bits per heavy atom. The Labute approximate surface area is 165 Å². The van der Waals surface area contributed by atoms with Crippen molar-refractivity contribution in [3.05, 3.63) is 71.0 Å². The number of carbonyl (C=O) groups is 1. The number of nitriles is 1. The van der Waals surface area contributed by atoms with Crippen LogP contribution in [-0.2, 0) is 11.3 Å². The average Bonchev–Trinajstić information content (AvgIpc) is 2.70. The van der Waals surface area contributed by atoms with Crippen molar-refractivity contribution in [2.75, 3.05) is 40.3 Å². The molecule has 3 rings (SSSR count). The van der Waals surface area contributed by atoms with Gasteiger partial charge in [-0.05, 0) is 43.4 Å². The summed E-state index contributed by atoms with van der Waals surface area (Å²) in [5.74, 6) is -0.270. The zero-order valence-corrected chi connectivity index (χ0v) is 16.3. The Bertz CT molecular complexity index is 852. The summed E-state index contributed by atoms with van der Waals surface area (Å²) in [5, 5.41) is 9.25. The van der Waals surface area contributed by atoms with E-state index in [0.29, 0.717) is 25.2 Å². The number of amides is 1. The molecule has 2 aromatic rings. The Kier molecular flexibility index (Phi) is 6.40. The number of carbonyl (C=O) groups excluding carboxylic acids is 1. The third-order valence-electron chi connectivity index (χ3n) is 5.15. The summed E-state index contributed by atoms with van der Waals surface area (Å²) in [5.41, 5.74) is 2.51. The number of nitrogens with zero attached hydrogens (tertiary/aromatic N) is 4. The molecule has 0 aromatic heterocycles. The molecule has 0 radical (unpaired) electrons. The van der Waals surface area contributed by atoms with E-state index in [1.54, 1.807) is 12.1 Å². The maximum Gasteiger partial charge on any atom is 0.244 e. The highest BCUT2D eigenvalue weighted by atomic mass is 19.1. The van der Waals surface area contributed by atoms with E-state index < -0.39 is 6.04 Å². The van der Waals surface area contributed by atoms with Crippen LogP contribution in [0.1, 0.15) is 22.7 Å². The van der Waals surface area contributed by atoms with Crippen molar-refractivity contribution < 1.29 is 9.18 Å². The molecular formula is C22H25FN4O. The van der Waals surface area contributed by atoms with E-state index in [4.69, 9.17) is 0 Å². The third kappa shape index (κ3) is 4.56. The molecule has 1 aliphatic rings. The largest absolute Gasteiger partial charge is 0.338 e. The molecule has 1 unspecified atom stereocenters. The van der Waals surface area contributed by atoms with E-state index in [0.717, 1.165) is 24.2 Å². The molecule has 1 atom stereocenters. The van der Waals surface area contributed by atoms with Crippen molar-refractivity contribution in [2.45, 2.75) is 12.6 Å². The summed E-state index contributed by atoms with van der Waals surface area (Å²) in [4.78, 5) is 19.1. The van der Waals surface area contributed by atoms with Crippen LogP contribution < -0.4 is 0 Å². The Morgan fingerprint density at radius 1 is 1.11 bits per heavy atom. The summed E-state index contributed by atoms with van der Waals surface area (Å²) >= 11 is 0. The molecule has 1 aliphatic heterocycles. The Hall–Kier alpha value is -2.75. The number of hydrogen-bond acceptors (Lipinski definition) is 4. The average molecular weight is 380 g/mol. The first-order valence-corrected chi connectivity index (χ1v) is 9.40. The van der Waals surface area contributed by atoms with Crippen LogP contribution in [0.4, 0.5) is 4.39 Å². The van der Waals surface area contributed by atoms with Gasteiger partial charge in [-0.25, -0.2) is 4.39 Å². The lowest BCUT2D eigenvalue weighted by Crippen LogP contribution is -2.51. The number of hydrogen-bond donors (Lipinski definition) is 0. The second-order valence-corrected chi connectivity index (χ2v) is 7.29. The lowest BCUT2D eigenvalue weighted by Gasteiger charge is -2.37. The zero-order chi connectivity index (χ0) is 20.1. The van der Waals surface area contributed by atoms with Gasteiger partial charge in [-0.15, -0.1) is 0 Å². The maximum absolute atomic E-state index is 13.2. The highest BCUT2D eigenvalue weighted by molar-refractivity contribution is 5.83. The van der Waals surface area contributed by atoms with Crippen molar-refractivity contribution in [1.29, 1.82) is 5.26 Å². The molecule has 1 fully saturated rings. The van der Waals surface area contributed by atoms with Crippen molar-refractivity contribution >= 4 is 5.91 Å². The van der Waals surface area contributed by atoms with Gasteiger partial charge in [0.2, 0.25) is 5.91 Å². The van der Waals surface area contributed by atoms with Crippen LogP contribution in [-0.4, -0.2) is 60.9 Å². The SMILES string of the molecule is CN(C)C(C(=O)N1CCN(Cc2ccccc2C#N)CC1)c1ccc(F)cc1. The van der Waals surface area contributed by atoms with Crippen LogP contribution in [0, 0.1) is 17.1 Å². The Morgan fingerprint density at radius 2 is 1.75 bits per heavy atom. The van der Waals surface area contributed by atoms with Gasteiger partial charge in [0.25, 0.3) is 0 Å². The molecule has 0 spiro atoms. The van der Waals surface area contributed by atoms with E-state index in [1.807, 2.05) is 48.2 Å². The lowest BCUT2D eigenvalue weighted by molar-refractivity contribution is -0.138. The van der Waals surface area contributed by atoms with E-state index in [2.05, 4.69) is 11.0 Å². The van der Waals surface area contributed by atoms with Crippen LogP contribution in [0.25, 0.3) is 0 Å². The topological polar surface area (TPSA) is 50.6 Å². The van der Waals surface area contributed by atoms with Gasteiger partial charge in [-0.1, -0.05) is 30.3 Å². The van der Waals surface area contributed by atoms with Gasteiger partial charge in [0.1, 0.15) is 11.9 Å². The zero-order valence-electron chi connectivity index (χ0n) is 16.3. The van der Waals surface area contributed by atoms with Gasteiger partial charge in [0, 0.05) is 32.7 Å². The smallest absolute Gasteiger partial charge is 0.244 e. The molecule has 1 heterocycles. The summed E-state index contributed by atoms with van der Waals surface area (Å²) < 4.78 is 13.2. The van der Waals surface area contributed by atoms with E-state index in [1.165, 1.54) is 12.1 Å². The first kappa shape index (κ1) is 20.0. The minimum absolute atomic E-state index is 0.0358. The van der Waals surface area contributed by atoms with E-state index in [-0.39, 0.29) is 11.7 Å². The number of rotatable bonds is 5. The minimum atomic E-state index is -0.425. The van der Waals surface area contributed by atoms with Gasteiger partial charge >= 0.3 is 0 Å². The second-order valence-electron chi connectivity index (χ2n) is 7.29. The Balaban J connectivity index is 1.64. The van der Waals surface area contributed by atoms with Crippen LogP contribution in [0.3, 0.4) is 0 Å². The van der Waals surface area contributed by atoms with Gasteiger partial charge in [-0.3, -0.25) is 14.6 Å². The van der Waals surface area contributed by atoms with Crippen LogP contribution in [0.2, 0.25) is 0 Å². The van der Waals surface area contributed by atoms with Crippen molar-refractivity contribution in [2.24, 2.45) is 0 Å². The first-order chi connectivity index (χ1) is 13.5. The quantitative estimate of drug-likeness (QED) is 0.800. The number of benzene rings is 2. The molecule has 2 aromatic carbocycles. The van der Waals surface area contributed by atoms with Gasteiger partial charge in [-0.2, -0.15) is 5.26 Å². The van der Waals surface area contributed by atoms with Crippen molar-refractivity contribution in [1.82, 2.24) is 14.7 Å². The van der Waals surface area contributed by atoms with Gasteiger partial charge in [0.05, 0.1) is 11.6 Å². The molecule has 1 saturated heterocycles. The number of likely N-dealkylation sites (N-methyl/N-ethyl adjacent to an activating group) is 1. The standard InChI is InChI=1S/C22H25FN4O/c1-25(2)21(17-7-9-20(23)10-8-17)22(28)27-13-11-26(12-14-27)16-19-6-4-3-5-18(19)15-24/h3-10,21H,11-14,16H2,1-2H3. The molecule has 28 heavy (non-hydrogen) atoms. The molecular weight excluding hydrogens is 355 g/mol. The molecule has 146 valence electrons. The monoisotopic (exact) mass is 380 g/mol. The summed E-state index contributed by atoms with van der Waals surface area (Å²) in [7, 11) is 3.72.